The minimum Gasteiger partial charge on any atom is -0.313 e. The lowest BCUT2D eigenvalue weighted by molar-refractivity contribution is 0.500. The molecule has 1 heterocycles. The van der Waals surface area contributed by atoms with Crippen LogP contribution in [0.3, 0.4) is 0 Å². The molecule has 1 aromatic carbocycles. The number of hydrogen-bond acceptors (Lipinski definition) is 2. The zero-order valence-electron chi connectivity index (χ0n) is 12.2. The molecule has 1 unspecified atom stereocenters. The Labute approximate surface area is 124 Å². The Morgan fingerprint density at radius 1 is 1.00 bits per heavy atom. The lowest BCUT2D eigenvalue weighted by Gasteiger charge is -2.19. The summed E-state index contributed by atoms with van der Waals surface area (Å²) in [5, 5.41) is 3.44. The highest BCUT2D eigenvalue weighted by atomic mass is 19.1. The lowest BCUT2D eigenvalue weighted by Crippen LogP contribution is -2.33. The molecule has 0 saturated heterocycles. The zero-order valence-corrected chi connectivity index (χ0v) is 12.2. The topological polar surface area (TPSA) is 24.9 Å². The van der Waals surface area contributed by atoms with Crippen LogP contribution < -0.4 is 5.32 Å². The van der Waals surface area contributed by atoms with Gasteiger partial charge in [0.2, 0.25) is 0 Å². The van der Waals surface area contributed by atoms with Gasteiger partial charge in [0, 0.05) is 24.5 Å². The fourth-order valence-corrected chi connectivity index (χ4v) is 2.38. The Morgan fingerprint density at radius 3 is 2.24 bits per heavy atom. The summed E-state index contributed by atoms with van der Waals surface area (Å²) in [6, 6.07) is 7.78. The summed E-state index contributed by atoms with van der Waals surface area (Å²) < 4.78 is 26.6. The molecule has 0 spiro atoms. The van der Waals surface area contributed by atoms with E-state index < -0.39 is 11.6 Å². The van der Waals surface area contributed by atoms with Gasteiger partial charge in [-0.3, -0.25) is 4.98 Å². The van der Waals surface area contributed by atoms with Gasteiger partial charge >= 0.3 is 0 Å². The average Bonchev–Trinajstić information content (AvgIpc) is 2.45. The van der Waals surface area contributed by atoms with E-state index in [1.54, 1.807) is 12.4 Å². The summed E-state index contributed by atoms with van der Waals surface area (Å²) >= 11 is 0. The first-order valence-electron chi connectivity index (χ1n) is 7.24. The van der Waals surface area contributed by atoms with E-state index in [2.05, 4.69) is 17.2 Å². The second-order valence-electron chi connectivity index (χ2n) is 5.19. The molecule has 0 aliphatic carbocycles. The molecule has 1 atom stereocenters. The Bertz CT molecular complexity index is 538. The molecule has 0 amide bonds. The predicted molar refractivity (Wildman–Crippen MR) is 80.1 cm³/mol. The standard InChI is InChI=1S/C17H20F2N2/c1-2-5-21-17(10-13-3-6-20-7-4-13)11-14-8-15(18)12-16(19)9-14/h3-4,6-9,12,17,21H,2,5,10-11H2,1H3. The van der Waals surface area contributed by atoms with Crippen molar-refractivity contribution in [2.24, 2.45) is 0 Å². The van der Waals surface area contributed by atoms with Gasteiger partial charge in [0.1, 0.15) is 11.6 Å². The monoisotopic (exact) mass is 290 g/mol. The third-order valence-electron chi connectivity index (χ3n) is 3.32. The molecule has 2 rings (SSSR count). The molecular weight excluding hydrogens is 270 g/mol. The maximum atomic E-state index is 13.3. The minimum absolute atomic E-state index is 0.147. The van der Waals surface area contributed by atoms with Crippen LogP contribution in [-0.4, -0.2) is 17.6 Å². The number of hydrogen-bond donors (Lipinski definition) is 1. The Balaban J connectivity index is 2.08. The van der Waals surface area contributed by atoms with E-state index >= 15 is 0 Å². The van der Waals surface area contributed by atoms with Crippen molar-refractivity contribution in [3.63, 3.8) is 0 Å². The largest absolute Gasteiger partial charge is 0.313 e. The predicted octanol–water partition coefficient (Wildman–Crippen LogP) is 3.51. The normalized spacial score (nSPS) is 12.3. The molecule has 112 valence electrons. The van der Waals surface area contributed by atoms with E-state index in [0.717, 1.165) is 31.0 Å². The third kappa shape index (κ3) is 5.23. The Kier molecular flexibility index (Phi) is 5.81. The molecule has 2 nitrogen and oxygen atoms in total. The van der Waals surface area contributed by atoms with Crippen molar-refractivity contribution in [2.75, 3.05) is 6.54 Å². The SMILES string of the molecule is CCCNC(Cc1ccncc1)Cc1cc(F)cc(F)c1. The Morgan fingerprint density at radius 2 is 1.62 bits per heavy atom. The molecule has 0 aliphatic rings. The number of nitrogens with one attached hydrogen (secondary N) is 1. The van der Waals surface area contributed by atoms with Gasteiger partial charge in [-0.1, -0.05) is 6.92 Å². The maximum absolute atomic E-state index is 13.3. The van der Waals surface area contributed by atoms with Gasteiger partial charge in [0.15, 0.2) is 0 Å². The van der Waals surface area contributed by atoms with E-state index in [9.17, 15) is 8.78 Å². The molecule has 0 saturated carbocycles. The molecule has 4 heteroatoms. The van der Waals surface area contributed by atoms with Crippen LogP contribution >= 0.6 is 0 Å². The van der Waals surface area contributed by atoms with Crippen molar-refractivity contribution in [2.45, 2.75) is 32.2 Å². The number of benzene rings is 1. The lowest BCUT2D eigenvalue weighted by atomic mass is 9.99. The summed E-state index contributed by atoms with van der Waals surface area (Å²) in [5.74, 6) is -1.05. The van der Waals surface area contributed by atoms with Crippen LogP contribution in [0, 0.1) is 11.6 Å². The highest BCUT2D eigenvalue weighted by Crippen LogP contribution is 2.12. The number of nitrogens with zero attached hydrogens (tertiary/aromatic N) is 1. The molecule has 0 aliphatic heterocycles. The fraction of sp³-hybridized carbons (Fsp3) is 0.353. The first-order chi connectivity index (χ1) is 10.2. The van der Waals surface area contributed by atoms with Crippen molar-refractivity contribution in [3.8, 4) is 0 Å². The molecule has 1 N–H and O–H groups in total. The van der Waals surface area contributed by atoms with Gasteiger partial charge in [0.25, 0.3) is 0 Å². The van der Waals surface area contributed by atoms with Gasteiger partial charge in [-0.2, -0.15) is 0 Å². The van der Waals surface area contributed by atoms with Crippen LogP contribution in [0.25, 0.3) is 0 Å². The highest BCUT2D eigenvalue weighted by molar-refractivity contribution is 5.20. The molecule has 2 aromatic rings. The van der Waals surface area contributed by atoms with E-state index in [-0.39, 0.29) is 6.04 Å². The second kappa shape index (κ2) is 7.84. The third-order valence-corrected chi connectivity index (χ3v) is 3.32. The average molecular weight is 290 g/mol. The Hall–Kier alpha value is -1.81. The maximum Gasteiger partial charge on any atom is 0.126 e. The number of aromatic nitrogens is 1. The van der Waals surface area contributed by atoms with Gasteiger partial charge in [-0.25, -0.2) is 8.78 Å². The van der Waals surface area contributed by atoms with E-state index in [1.165, 1.54) is 12.1 Å². The van der Waals surface area contributed by atoms with Crippen LogP contribution in [0.4, 0.5) is 8.78 Å². The second-order valence-corrected chi connectivity index (χ2v) is 5.19. The summed E-state index contributed by atoms with van der Waals surface area (Å²) in [4.78, 5) is 4.00. The molecule has 0 fully saturated rings. The van der Waals surface area contributed by atoms with Crippen molar-refractivity contribution < 1.29 is 8.78 Å². The zero-order chi connectivity index (χ0) is 15.1. The van der Waals surface area contributed by atoms with Crippen LogP contribution in [0.1, 0.15) is 24.5 Å². The summed E-state index contributed by atoms with van der Waals surface area (Å²) in [6.45, 7) is 2.98. The molecule has 21 heavy (non-hydrogen) atoms. The quantitative estimate of drug-likeness (QED) is 0.844. The van der Waals surface area contributed by atoms with Crippen LogP contribution in [0.5, 0.6) is 0 Å². The van der Waals surface area contributed by atoms with Crippen LogP contribution in [-0.2, 0) is 12.8 Å². The van der Waals surface area contributed by atoms with E-state index in [1.807, 2.05) is 12.1 Å². The van der Waals surface area contributed by atoms with Crippen molar-refractivity contribution in [1.29, 1.82) is 0 Å². The smallest absolute Gasteiger partial charge is 0.126 e. The molecular formula is C17H20F2N2. The highest BCUT2D eigenvalue weighted by Gasteiger charge is 2.11. The molecule has 0 radical (unpaired) electrons. The summed E-state index contributed by atoms with van der Waals surface area (Å²) in [7, 11) is 0. The number of pyridine rings is 1. The van der Waals surface area contributed by atoms with Crippen LogP contribution in [0.15, 0.2) is 42.7 Å². The van der Waals surface area contributed by atoms with Crippen molar-refractivity contribution in [3.05, 3.63) is 65.5 Å². The van der Waals surface area contributed by atoms with Crippen molar-refractivity contribution >= 4 is 0 Å². The van der Waals surface area contributed by atoms with Gasteiger partial charge in [-0.05, 0) is 61.2 Å². The van der Waals surface area contributed by atoms with Crippen molar-refractivity contribution in [1.82, 2.24) is 10.3 Å². The van der Waals surface area contributed by atoms with E-state index in [4.69, 9.17) is 0 Å². The fourth-order valence-electron chi connectivity index (χ4n) is 2.38. The van der Waals surface area contributed by atoms with E-state index in [0.29, 0.717) is 12.0 Å². The van der Waals surface area contributed by atoms with Crippen LogP contribution in [0.2, 0.25) is 0 Å². The van der Waals surface area contributed by atoms with Gasteiger partial charge < -0.3 is 5.32 Å². The van der Waals surface area contributed by atoms with Gasteiger partial charge in [-0.15, -0.1) is 0 Å². The number of rotatable bonds is 7. The molecule has 0 bridgehead atoms. The molecule has 1 aromatic heterocycles. The first-order valence-corrected chi connectivity index (χ1v) is 7.24. The summed E-state index contributed by atoms with van der Waals surface area (Å²) in [5.41, 5.74) is 1.84. The number of halogens is 2. The summed E-state index contributed by atoms with van der Waals surface area (Å²) in [6.07, 6.45) is 5.93. The minimum atomic E-state index is -0.525. The first kappa shape index (κ1) is 15.6. The van der Waals surface area contributed by atoms with Gasteiger partial charge in [0.05, 0.1) is 0 Å².